The van der Waals surface area contributed by atoms with Crippen LogP contribution < -0.4 is 11.1 Å². The molecule has 1 amide bonds. The summed E-state index contributed by atoms with van der Waals surface area (Å²) in [5.41, 5.74) is 6.83. The van der Waals surface area contributed by atoms with Crippen LogP contribution >= 0.6 is 11.8 Å². The standard InChI is InChI=1S/C12H21N3O2S/c1-4-15-6-9(13)5-10(15)12(17)14-8(2)11(7-16)18-3/h5-6,8,11,16H,4,7,13H2,1-3H3,(H,14,17). The Morgan fingerprint density at radius 1 is 1.67 bits per heavy atom. The number of rotatable bonds is 6. The van der Waals surface area contributed by atoms with Crippen molar-refractivity contribution in [1.82, 2.24) is 9.88 Å². The highest BCUT2D eigenvalue weighted by Crippen LogP contribution is 2.13. The number of nitrogens with zero attached hydrogens (tertiary/aromatic N) is 1. The number of thioether (sulfide) groups is 1. The zero-order valence-corrected chi connectivity index (χ0v) is 11.8. The van der Waals surface area contributed by atoms with Crippen molar-refractivity contribution in [3.63, 3.8) is 0 Å². The number of aliphatic hydroxyl groups is 1. The molecule has 102 valence electrons. The monoisotopic (exact) mass is 271 g/mol. The van der Waals surface area contributed by atoms with Crippen LogP contribution in [0.25, 0.3) is 0 Å². The van der Waals surface area contributed by atoms with Crippen LogP contribution in [-0.4, -0.2) is 39.7 Å². The van der Waals surface area contributed by atoms with E-state index >= 15 is 0 Å². The first-order chi connectivity index (χ1) is 8.53. The van der Waals surface area contributed by atoms with Crippen LogP contribution in [0.3, 0.4) is 0 Å². The van der Waals surface area contributed by atoms with Crippen molar-refractivity contribution < 1.29 is 9.90 Å². The number of aromatic nitrogens is 1. The topological polar surface area (TPSA) is 80.3 Å². The number of carbonyl (C=O) groups excluding carboxylic acids is 1. The highest BCUT2D eigenvalue weighted by atomic mass is 32.2. The van der Waals surface area contributed by atoms with Gasteiger partial charge in [0.1, 0.15) is 5.69 Å². The zero-order chi connectivity index (χ0) is 13.7. The lowest BCUT2D eigenvalue weighted by Gasteiger charge is -2.21. The van der Waals surface area contributed by atoms with Crippen LogP contribution in [-0.2, 0) is 6.54 Å². The van der Waals surface area contributed by atoms with Crippen molar-refractivity contribution in [3.05, 3.63) is 18.0 Å². The Kier molecular flexibility index (Phi) is 5.55. The van der Waals surface area contributed by atoms with Gasteiger partial charge in [-0.15, -0.1) is 0 Å². The largest absolute Gasteiger partial charge is 0.397 e. The molecule has 0 bridgehead atoms. The van der Waals surface area contributed by atoms with Crippen molar-refractivity contribution >= 4 is 23.4 Å². The summed E-state index contributed by atoms with van der Waals surface area (Å²) in [4.78, 5) is 12.1. The summed E-state index contributed by atoms with van der Waals surface area (Å²) in [5, 5.41) is 12.1. The average molecular weight is 271 g/mol. The normalized spacial score (nSPS) is 14.2. The number of aryl methyl sites for hydroxylation is 1. The zero-order valence-electron chi connectivity index (χ0n) is 11.0. The van der Waals surface area contributed by atoms with E-state index in [1.807, 2.05) is 24.7 Å². The molecule has 5 nitrogen and oxygen atoms in total. The molecule has 0 radical (unpaired) electrons. The van der Waals surface area contributed by atoms with Crippen LogP contribution in [0.15, 0.2) is 12.3 Å². The van der Waals surface area contributed by atoms with Gasteiger partial charge in [0.15, 0.2) is 0 Å². The first kappa shape index (κ1) is 14.9. The SMILES string of the molecule is CCn1cc(N)cc1C(=O)NC(C)C(CO)SC. The third-order valence-corrected chi connectivity index (χ3v) is 4.05. The van der Waals surface area contributed by atoms with Crippen molar-refractivity contribution in [2.75, 3.05) is 18.6 Å². The fourth-order valence-corrected chi connectivity index (χ4v) is 2.42. The van der Waals surface area contributed by atoms with Crippen LogP contribution in [0.4, 0.5) is 5.69 Å². The number of nitrogen functional groups attached to an aromatic ring is 1. The number of hydrogen-bond acceptors (Lipinski definition) is 4. The molecule has 0 fully saturated rings. The number of nitrogens with one attached hydrogen (secondary N) is 1. The van der Waals surface area contributed by atoms with E-state index in [-0.39, 0.29) is 23.8 Å². The average Bonchev–Trinajstić information content (AvgIpc) is 2.72. The molecule has 4 N–H and O–H groups in total. The number of hydrogen-bond donors (Lipinski definition) is 3. The predicted molar refractivity (Wildman–Crippen MR) is 75.8 cm³/mol. The summed E-state index contributed by atoms with van der Waals surface area (Å²) in [6.07, 6.45) is 3.66. The minimum Gasteiger partial charge on any atom is -0.397 e. The number of amides is 1. The van der Waals surface area contributed by atoms with Crippen molar-refractivity contribution in [2.45, 2.75) is 31.7 Å². The molecular formula is C12H21N3O2S. The Hall–Kier alpha value is -1.14. The van der Waals surface area contributed by atoms with Gasteiger partial charge in [-0.25, -0.2) is 0 Å². The Balaban J connectivity index is 2.75. The highest BCUT2D eigenvalue weighted by molar-refractivity contribution is 7.99. The second-order valence-electron chi connectivity index (χ2n) is 4.16. The molecule has 1 aromatic heterocycles. The fourth-order valence-electron chi connectivity index (χ4n) is 1.80. The van der Waals surface area contributed by atoms with E-state index in [1.54, 1.807) is 12.3 Å². The molecule has 0 aliphatic carbocycles. The van der Waals surface area contributed by atoms with Gasteiger partial charge >= 0.3 is 0 Å². The fraction of sp³-hybridized carbons (Fsp3) is 0.583. The van der Waals surface area contributed by atoms with E-state index in [4.69, 9.17) is 5.73 Å². The molecular weight excluding hydrogens is 250 g/mol. The summed E-state index contributed by atoms with van der Waals surface area (Å²) in [6, 6.07) is 1.57. The number of nitrogens with two attached hydrogens (primary N) is 1. The first-order valence-corrected chi connectivity index (χ1v) is 7.22. The van der Waals surface area contributed by atoms with Gasteiger partial charge in [0.05, 0.1) is 12.3 Å². The molecule has 0 aliphatic heterocycles. The van der Waals surface area contributed by atoms with Gasteiger partial charge in [0.2, 0.25) is 0 Å². The second-order valence-corrected chi connectivity index (χ2v) is 5.24. The molecule has 0 saturated heterocycles. The molecule has 6 heteroatoms. The van der Waals surface area contributed by atoms with Gasteiger partial charge in [-0.05, 0) is 26.2 Å². The van der Waals surface area contributed by atoms with Crippen LogP contribution in [0.1, 0.15) is 24.3 Å². The molecule has 2 atom stereocenters. The summed E-state index contributed by atoms with van der Waals surface area (Å²) in [6.45, 7) is 4.58. The summed E-state index contributed by atoms with van der Waals surface area (Å²) in [7, 11) is 0. The van der Waals surface area contributed by atoms with Crippen molar-refractivity contribution in [2.24, 2.45) is 0 Å². The quantitative estimate of drug-likeness (QED) is 0.719. The lowest BCUT2D eigenvalue weighted by Crippen LogP contribution is -2.41. The summed E-state index contributed by atoms with van der Waals surface area (Å²) < 4.78 is 1.81. The number of anilines is 1. The van der Waals surface area contributed by atoms with E-state index in [9.17, 15) is 9.90 Å². The summed E-state index contributed by atoms with van der Waals surface area (Å²) in [5.74, 6) is -0.159. The maximum atomic E-state index is 12.1. The highest BCUT2D eigenvalue weighted by Gasteiger charge is 2.20. The van der Waals surface area contributed by atoms with E-state index in [2.05, 4.69) is 5.32 Å². The second kappa shape index (κ2) is 6.70. The number of aliphatic hydroxyl groups excluding tert-OH is 1. The molecule has 1 rings (SSSR count). The third kappa shape index (κ3) is 3.43. The van der Waals surface area contributed by atoms with Gasteiger partial charge in [0.25, 0.3) is 5.91 Å². The Morgan fingerprint density at radius 2 is 2.33 bits per heavy atom. The van der Waals surface area contributed by atoms with Crippen molar-refractivity contribution in [1.29, 1.82) is 0 Å². The van der Waals surface area contributed by atoms with Crippen LogP contribution in [0.2, 0.25) is 0 Å². The first-order valence-electron chi connectivity index (χ1n) is 5.93. The Bertz CT molecular complexity index is 402. The van der Waals surface area contributed by atoms with Crippen LogP contribution in [0.5, 0.6) is 0 Å². The lowest BCUT2D eigenvalue weighted by molar-refractivity contribution is 0.0926. The van der Waals surface area contributed by atoms with Gasteiger partial charge in [-0.3, -0.25) is 4.79 Å². The smallest absolute Gasteiger partial charge is 0.268 e. The third-order valence-electron chi connectivity index (χ3n) is 2.89. The lowest BCUT2D eigenvalue weighted by atomic mass is 10.2. The van der Waals surface area contributed by atoms with Gasteiger partial charge in [-0.1, -0.05) is 0 Å². The number of carbonyl (C=O) groups is 1. The maximum absolute atomic E-state index is 12.1. The van der Waals surface area contributed by atoms with Gasteiger partial charge < -0.3 is 20.7 Å². The maximum Gasteiger partial charge on any atom is 0.268 e. The molecule has 2 unspecified atom stereocenters. The molecule has 0 aliphatic rings. The minimum absolute atomic E-state index is 0.00339. The summed E-state index contributed by atoms with van der Waals surface area (Å²) >= 11 is 1.53. The molecule has 0 saturated carbocycles. The van der Waals surface area contributed by atoms with Gasteiger partial charge in [-0.2, -0.15) is 11.8 Å². The van der Waals surface area contributed by atoms with Crippen molar-refractivity contribution in [3.8, 4) is 0 Å². The molecule has 0 spiro atoms. The van der Waals surface area contributed by atoms with Gasteiger partial charge in [0, 0.05) is 24.0 Å². The predicted octanol–water partition coefficient (Wildman–Crippen LogP) is 0.932. The Labute approximate surface area is 112 Å². The van der Waals surface area contributed by atoms with E-state index in [0.717, 1.165) is 0 Å². The van der Waals surface area contributed by atoms with E-state index < -0.39 is 0 Å². The molecule has 1 aromatic rings. The van der Waals surface area contributed by atoms with Crippen LogP contribution in [0, 0.1) is 0 Å². The molecule has 0 aromatic carbocycles. The van der Waals surface area contributed by atoms with E-state index in [0.29, 0.717) is 17.9 Å². The molecule has 1 heterocycles. The minimum atomic E-state index is -0.159. The Morgan fingerprint density at radius 3 is 2.83 bits per heavy atom. The molecule has 18 heavy (non-hydrogen) atoms. The van der Waals surface area contributed by atoms with E-state index in [1.165, 1.54) is 11.8 Å².